The van der Waals surface area contributed by atoms with Crippen LogP contribution in [0.15, 0.2) is 36.5 Å². The highest BCUT2D eigenvalue weighted by molar-refractivity contribution is 5.79. The monoisotopic (exact) mass is 363 g/mol. The highest BCUT2D eigenvalue weighted by Crippen LogP contribution is 2.25. The number of nitrogens with one attached hydrogen (secondary N) is 1. The first-order valence-corrected chi connectivity index (χ1v) is 8.95. The van der Waals surface area contributed by atoms with Crippen LogP contribution in [0.1, 0.15) is 23.6 Å². The molecule has 0 spiro atoms. The number of hydrogen-bond donors (Lipinski definition) is 2. The van der Waals surface area contributed by atoms with Crippen molar-refractivity contribution in [2.45, 2.75) is 32.9 Å². The molecule has 1 atom stereocenters. The predicted molar refractivity (Wildman–Crippen MR) is 100 cm³/mol. The molecule has 1 amide bonds. The van der Waals surface area contributed by atoms with Crippen molar-refractivity contribution in [1.29, 1.82) is 0 Å². The Balaban J connectivity index is 1.46. The van der Waals surface area contributed by atoms with Crippen LogP contribution in [0.3, 0.4) is 0 Å². The minimum Gasteiger partial charge on any atom is -0.383 e. The summed E-state index contributed by atoms with van der Waals surface area (Å²) in [5.41, 5.74) is 7.62. The number of nitrogens with zero attached hydrogens (tertiary/aromatic N) is 5. The van der Waals surface area contributed by atoms with Crippen LogP contribution in [0.5, 0.6) is 0 Å². The highest BCUT2D eigenvalue weighted by Gasteiger charge is 2.28. The molecule has 0 aliphatic carbocycles. The van der Waals surface area contributed by atoms with E-state index in [-0.39, 0.29) is 11.8 Å². The molecule has 8 heteroatoms. The van der Waals surface area contributed by atoms with Gasteiger partial charge in [0, 0.05) is 36.8 Å². The van der Waals surface area contributed by atoms with E-state index in [4.69, 9.17) is 5.73 Å². The Labute approximate surface area is 156 Å². The maximum Gasteiger partial charge on any atom is 0.225 e. The second-order valence-corrected chi connectivity index (χ2v) is 6.70. The molecule has 1 aromatic carbocycles. The molecule has 27 heavy (non-hydrogen) atoms. The Morgan fingerprint density at radius 3 is 2.89 bits per heavy atom. The molecule has 1 unspecified atom stereocenters. The molecule has 0 saturated heterocycles. The third-order valence-electron chi connectivity index (χ3n) is 4.82. The molecule has 138 valence electrons. The zero-order valence-corrected chi connectivity index (χ0v) is 15.1. The van der Waals surface area contributed by atoms with E-state index in [0.717, 1.165) is 35.6 Å². The summed E-state index contributed by atoms with van der Waals surface area (Å²) in [4.78, 5) is 20.9. The molecule has 1 aliphatic rings. The third kappa shape index (κ3) is 3.51. The highest BCUT2D eigenvalue weighted by atomic mass is 16.1. The van der Waals surface area contributed by atoms with Gasteiger partial charge in [0.2, 0.25) is 5.91 Å². The molecular weight excluding hydrogens is 342 g/mol. The number of benzene rings is 1. The molecule has 0 fully saturated rings. The fourth-order valence-corrected chi connectivity index (χ4v) is 3.32. The number of amides is 1. The summed E-state index contributed by atoms with van der Waals surface area (Å²) in [5, 5.41) is 11.6. The van der Waals surface area contributed by atoms with Crippen LogP contribution in [0.25, 0.3) is 11.4 Å². The molecule has 0 saturated carbocycles. The number of carbonyl (C=O) groups is 1. The summed E-state index contributed by atoms with van der Waals surface area (Å²) in [6.07, 6.45) is 3.14. The molecule has 4 rings (SSSR count). The standard InChI is InChI=1S/C19H21N7O/c1-12-21-9-15(17(20)23-12)10-22-19(27)14-7-8-16-24-25-18(26(16)11-14)13-5-3-2-4-6-13/h2-6,9,14H,7-8,10-11H2,1H3,(H,22,27)(H2,20,21,23). The molecule has 0 bridgehead atoms. The van der Waals surface area contributed by atoms with E-state index in [9.17, 15) is 4.79 Å². The van der Waals surface area contributed by atoms with Gasteiger partial charge in [-0.1, -0.05) is 30.3 Å². The number of fused-ring (bicyclic) bond motifs is 1. The first-order valence-electron chi connectivity index (χ1n) is 8.95. The second kappa shape index (κ2) is 7.14. The van der Waals surface area contributed by atoms with Crippen molar-refractivity contribution in [3.63, 3.8) is 0 Å². The molecule has 1 aliphatic heterocycles. The van der Waals surface area contributed by atoms with E-state index in [1.807, 2.05) is 34.9 Å². The lowest BCUT2D eigenvalue weighted by molar-refractivity contribution is -0.126. The van der Waals surface area contributed by atoms with Crippen LogP contribution in [0.4, 0.5) is 5.82 Å². The minimum atomic E-state index is -0.136. The van der Waals surface area contributed by atoms with Crippen molar-refractivity contribution in [1.82, 2.24) is 30.0 Å². The number of aromatic nitrogens is 5. The van der Waals surface area contributed by atoms with Crippen LogP contribution in [-0.2, 0) is 24.3 Å². The molecule has 3 aromatic rings. The van der Waals surface area contributed by atoms with Crippen LogP contribution >= 0.6 is 0 Å². The number of nitrogen functional groups attached to an aromatic ring is 1. The Kier molecular flexibility index (Phi) is 4.53. The van der Waals surface area contributed by atoms with Gasteiger partial charge in [0.1, 0.15) is 17.5 Å². The van der Waals surface area contributed by atoms with Gasteiger partial charge in [0.25, 0.3) is 0 Å². The van der Waals surface area contributed by atoms with Crippen molar-refractivity contribution < 1.29 is 4.79 Å². The van der Waals surface area contributed by atoms with Crippen LogP contribution < -0.4 is 11.1 Å². The summed E-state index contributed by atoms with van der Waals surface area (Å²) in [5.74, 6) is 2.60. The lowest BCUT2D eigenvalue weighted by atomic mass is 9.98. The largest absolute Gasteiger partial charge is 0.383 e. The fraction of sp³-hybridized carbons (Fsp3) is 0.316. The Bertz CT molecular complexity index is 967. The summed E-state index contributed by atoms with van der Waals surface area (Å²) in [6, 6.07) is 9.91. The summed E-state index contributed by atoms with van der Waals surface area (Å²) < 4.78 is 2.05. The number of carbonyl (C=O) groups excluding carboxylic acids is 1. The maximum atomic E-state index is 12.7. The van der Waals surface area contributed by atoms with E-state index in [2.05, 4.69) is 25.5 Å². The summed E-state index contributed by atoms with van der Waals surface area (Å²) in [6.45, 7) is 2.67. The quantitative estimate of drug-likeness (QED) is 0.727. The van der Waals surface area contributed by atoms with Crippen molar-refractivity contribution in [3.8, 4) is 11.4 Å². The lowest BCUT2D eigenvalue weighted by Crippen LogP contribution is -2.36. The summed E-state index contributed by atoms with van der Waals surface area (Å²) in [7, 11) is 0. The zero-order chi connectivity index (χ0) is 18.8. The smallest absolute Gasteiger partial charge is 0.225 e. The Morgan fingerprint density at radius 2 is 2.11 bits per heavy atom. The van der Waals surface area contributed by atoms with Crippen LogP contribution in [-0.4, -0.2) is 30.6 Å². The van der Waals surface area contributed by atoms with E-state index >= 15 is 0 Å². The number of hydrogen-bond acceptors (Lipinski definition) is 6. The number of rotatable bonds is 4. The number of nitrogens with two attached hydrogens (primary N) is 1. The lowest BCUT2D eigenvalue weighted by Gasteiger charge is -2.23. The minimum absolute atomic E-state index is 0.00617. The van der Waals surface area contributed by atoms with Gasteiger partial charge in [0.05, 0.1) is 5.92 Å². The van der Waals surface area contributed by atoms with Gasteiger partial charge in [-0.05, 0) is 13.3 Å². The Morgan fingerprint density at radius 1 is 1.30 bits per heavy atom. The average Bonchev–Trinajstić information content (AvgIpc) is 3.11. The molecule has 3 N–H and O–H groups in total. The van der Waals surface area contributed by atoms with Crippen LogP contribution in [0, 0.1) is 12.8 Å². The molecule has 0 radical (unpaired) electrons. The first kappa shape index (κ1) is 17.1. The molecule has 8 nitrogen and oxygen atoms in total. The third-order valence-corrected chi connectivity index (χ3v) is 4.82. The van der Waals surface area contributed by atoms with Gasteiger partial charge in [-0.3, -0.25) is 4.79 Å². The Hall–Kier alpha value is -3.29. The van der Waals surface area contributed by atoms with Crippen molar-refractivity contribution >= 4 is 11.7 Å². The van der Waals surface area contributed by atoms with Gasteiger partial charge in [0.15, 0.2) is 5.82 Å². The molecule has 2 aromatic heterocycles. The van der Waals surface area contributed by atoms with Crippen molar-refractivity contribution in [2.24, 2.45) is 5.92 Å². The van der Waals surface area contributed by atoms with Gasteiger partial charge in [-0.15, -0.1) is 10.2 Å². The zero-order valence-electron chi connectivity index (χ0n) is 15.1. The van der Waals surface area contributed by atoms with Gasteiger partial charge in [-0.25, -0.2) is 9.97 Å². The number of aryl methyl sites for hydroxylation is 2. The molecule has 3 heterocycles. The maximum absolute atomic E-state index is 12.7. The average molecular weight is 363 g/mol. The van der Waals surface area contributed by atoms with E-state index in [0.29, 0.717) is 24.7 Å². The fourth-order valence-electron chi connectivity index (χ4n) is 3.32. The predicted octanol–water partition coefficient (Wildman–Crippen LogP) is 1.50. The van der Waals surface area contributed by atoms with Crippen molar-refractivity contribution in [3.05, 3.63) is 53.7 Å². The first-order chi connectivity index (χ1) is 13.1. The van der Waals surface area contributed by atoms with E-state index in [1.165, 1.54) is 0 Å². The van der Waals surface area contributed by atoms with Crippen LogP contribution in [0.2, 0.25) is 0 Å². The van der Waals surface area contributed by atoms with E-state index < -0.39 is 0 Å². The van der Waals surface area contributed by atoms with Gasteiger partial charge >= 0.3 is 0 Å². The number of anilines is 1. The SMILES string of the molecule is Cc1ncc(CNC(=O)C2CCc3nnc(-c4ccccc4)n3C2)c(N)n1. The van der Waals surface area contributed by atoms with Gasteiger partial charge in [-0.2, -0.15) is 0 Å². The topological polar surface area (TPSA) is 112 Å². The van der Waals surface area contributed by atoms with E-state index in [1.54, 1.807) is 13.1 Å². The second-order valence-electron chi connectivity index (χ2n) is 6.70. The van der Waals surface area contributed by atoms with Gasteiger partial charge < -0.3 is 15.6 Å². The summed E-state index contributed by atoms with van der Waals surface area (Å²) >= 11 is 0. The molecular formula is C19H21N7O. The normalized spacial score (nSPS) is 16.0. The van der Waals surface area contributed by atoms with Crippen molar-refractivity contribution in [2.75, 3.05) is 5.73 Å².